The van der Waals surface area contributed by atoms with Crippen molar-refractivity contribution in [2.45, 2.75) is 59.4 Å². The smallest absolute Gasteiger partial charge is 0.675 e. The fourth-order valence-corrected chi connectivity index (χ4v) is 0.500. The first-order valence-electron chi connectivity index (χ1n) is 4.36. The topological polar surface area (TPSA) is 23.8 Å². The van der Waals surface area contributed by atoms with Gasteiger partial charge in [0.1, 0.15) is 0 Å². The largest absolute Gasteiger partial charge is 1.00 e. The van der Waals surface area contributed by atoms with Crippen LogP contribution in [-0.2, 0) is 0 Å². The van der Waals surface area contributed by atoms with Gasteiger partial charge in [-0.1, -0.05) is 53.4 Å². The van der Waals surface area contributed by atoms with Crippen molar-refractivity contribution >= 4 is 0 Å². The molecule has 2 heteroatoms. The molecule has 0 saturated heterocycles. The van der Waals surface area contributed by atoms with E-state index < -0.39 is 0 Å². The summed E-state index contributed by atoms with van der Waals surface area (Å²) >= 11 is 0. The van der Waals surface area contributed by atoms with Crippen LogP contribution in [0.3, 0.4) is 0 Å². The zero-order chi connectivity index (χ0) is 8.41. The van der Waals surface area contributed by atoms with E-state index in [0.717, 1.165) is 0 Å². The van der Waals surface area contributed by atoms with Crippen molar-refractivity contribution in [3.63, 3.8) is 0 Å². The van der Waals surface area contributed by atoms with Gasteiger partial charge in [0.2, 0.25) is 0 Å². The van der Waals surface area contributed by atoms with Gasteiger partial charge in [-0.25, -0.2) is 0 Å². The van der Waals surface area contributed by atoms with Crippen LogP contribution in [0.5, 0.6) is 0 Å². The molecular formula is C9H22LiN. The van der Waals surface area contributed by atoms with Gasteiger partial charge in [0.25, 0.3) is 0 Å². The third-order valence-electron chi connectivity index (χ3n) is 0.957. The predicted octanol–water partition coefficient (Wildman–Crippen LogP) is 1.04. The van der Waals surface area contributed by atoms with Crippen LogP contribution in [0, 0.1) is 0 Å². The molecule has 0 bridgehead atoms. The van der Waals surface area contributed by atoms with E-state index in [1.165, 1.54) is 25.7 Å². The Morgan fingerprint density at radius 1 is 1.00 bits per heavy atom. The Morgan fingerprint density at radius 3 is 1.27 bits per heavy atom. The summed E-state index contributed by atoms with van der Waals surface area (Å²) in [4.78, 5) is 0. The van der Waals surface area contributed by atoms with Gasteiger partial charge in [0, 0.05) is 0 Å². The maximum atomic E-state index is 6.58. The van der Waals surface area contributed by atoms with E-state index in [9.17, 15) is 0 Å². The molecule has 11 heavy (non-hydrogen) atoms. The van der Waals surface area contributed by atoms with Crippen LogP contribution in [-0.4, -0.2) is 6.04 Å². The van der Waals surface area contributed by atoms with Gasteiger partial charge in [-0.2, -0.15) is 0 Å². The van der Waals surface area contributed by atoms with E-state index in [2.05, 4.69) is 13.8 Å². The Bertz CT molecular complexity index is 40.1. The molecule has 0 amide bonds. The quantitative estimate of drug-likeness (QED) is 0.425. The molecule has 64 valence electrons. The summed E-state index contributed by atoms with van der Waals surface area (Å²) in [7, 11) is 0. The molecule has 0 aromatic carbocycles. The summed E-state index contributed by atoms with van der Waals surface area (Å²) < 4.78 is 0. The second-order valence-electron chi connectivity index (χ2n) is 2.86. The van der Waals surface area contributed by atoms with Crippen LogP contribution in [0.2, 0.25) is 0 Å². The average molecular weight is 151 g/mol. The minimum absolute atomic E-state index is 0. The standard InChI is InChI=1S/C6H14.C3H8N.Li/c1-3-5-6-4-2;1-3(2)4;/h3-6H2,1-2H3;3-4H,1-2H3;/q;-1;+1. The zero-order valence-electron chi connectivity index (χ0n) is 8.91. The van der Waals surface area contributed by atoms with Gasteiger partial charge in [0.15, 0.2) is 0 Å². The minimum atomic E-state index is 0. The van der Waals surface area contributed by atoms with Crippen molar-refractivity contribution in [2.24, 2.45) is 0 Å². The van der Waals surface area contributed by atoms with Crippen LogP contribution in [0.1, 0.15) is 53.4 Å². The summed E-state index contributed by atoms with van der Waals surface area (Å²) in [6, 6.07) is 0.0833. The van der Waals surface area contributed by atoms with Crippen molar-refractivity contribution in [1.29, 1.82) is 0 Å². The van der Waals surface area contributed by atoms with Gasteiger partial charge in [0.05, 0.1) is 0 Å². The molecule has 0 aliphatic carbocycles. The molecule has 0 atom stereocenters. The third kappa shape index (κ3) is 61.1. The minimum Gasteiger partial charge on any atom is -0.675 e. The first-order valence-corrected chi connectivity index (χ1v) is 4.36. The molecule has 0 aliphatic heterocycles. The molecule has 0 heterocycles. The van der Waals surface area contributed by atoms with Crippen molar-refractivity contribution in [1.82, 2.24) is 0 Å². The van der Waals surface area contributed by atoms with Crippen LogP contribution in [0.4, 0.5) is 0 Å². The molecule has 0 aromatic rings. The SMILES string of the molecule is CC(C)[NH-].CCCCCC.[Li+]. The second-order valence-corrected chi connectivity index (χ2v) is 2.86. The molecule has 0 aromatic heterocycles. The van der Waals surface area contributed by atoms with Crippen molar-refractivity contribution in [2.75, 3.05) is 0 Å². The van der Waals surface area contributed by atoms with E-state index >= 15 is 0 Å². The van der Waals surface area contributed by atoms with Crippen LogP contribution >= 0.6 is 0 Å². The summed E-state index contributed by atoms with van der Waals surface area (Å²) in [5.41, 5.74) is 6.58. The molecular weight excluding hydrogens is 129 g/mol. The first kappa shape index (κ1) is 17.6. The summed E-state index contributed by atoms with van der Waals surface area (Å²) in [6.07, 6.45) is 5.54. The monoisotopic (exact) mass is 151 g/mol. The van der Waals surface area contributed by atoms with Gasteiger partial charge >= 0.3 is 18.9 Å². The predicted molar refractivity (Wildman–Crippen MR) is 49.3 cm³/mol. The molecule has 0 aliphatic rings. The molecule has 0 fully saturated rings. The molecule has 0 saturated carbocycles. The van der Waals surface area contributed by atoms with E-state index in [0.29, 0.717) is 0 Å². The van der Waals surface area contributed by atoms with Gasteiger partial charge in [-0.05, 0) is 0 Å². The van der Waals surface area contributed by atoms with E-state index in [4.69, 9.17) is 5.73 Å². The normalized spacial score (nSPS) is 8.18. The van der Waals surface area contributed by atoms with Crippen LogP contribution in [0.25, 0.3) is 5.73 Å². The Balaban J connectivity index is -0.000000114. The van der Waals surface area contributed by atoms with Crippen LogP contribution in [0.15, 0.2) is 0 Å². The van der Waals surface area contributed by atoms with Crippen molar-refractivity contribution < 1.29 is 18.9 Å². The van der Waals surface area contributed by atoms with E-state index in [1.807, 2.05) is 13.8 Å². The first-order chi connectivity index (χ1) is 4.65. The molecule has 0 radical (unpaired) electrons. The Kier molecular flexibility index (Phi) is 27.0. The number of hydrogen-bond acceptors (Lipinski definition) is 0. The maximum absolute atomic E-state index is 6.58. The van der Waals surface area contributed by atoms with E-state index in [-0.39, 0.29) is 24.9 Å². The zero-order valence-corrected chi connectivity index (χ0v) is 8.91. The summed E-state index contributed by atoms with van der Waals surface area (Å²) in [5.74, 6) is 0. The number of rotatable bonds is 3. The van der Waals surface area contributed by atoms with Gasteiger partial charge in [-0.3, -0.25) is 0 Å². The second kappa shape index (κ2) is 16.9. The number of hydrogen-bond donors (Lipinski definition) is 0. The molecule has 0 unspecified atom stereocenters. The van der Waals surface area contributed by atoms with Crippen molar-refractivity contribution in [3.8, 4) is 0 Å². The summed E-state index contributed by atoms with van der Waals surface area (Å²) in [6.45, 7) is 8.13. The fourth-order valence-electron chi connectivity index (χ4n) is 0.500. The summed E-state index contributed by atoms with van der Waals surface area (Å²) in [5, 5.41) is 0. The number of unbranched alkanes of at least 4 members (excludes halogenated alkanes) is 3. The van der Waals surface area contributed by atoms with Gasteiger partial charge in [-0.15, -0.1) is 6.04 Å². The molecule has 0 rings (SSSR count). The van der Waals surface area contributed by atoms with Crippen LogP contribution < -0.4 is 18.9 Å². The molecule has 1 nitrogen and oxygen atoms in total. The third-order valence-corrected chi connectivity index (χ3v) is 0.957. The number of nitrogens with one attached hydrogen (secondary N) is 1. The molecule has 1 N–H and O–H groups in total. The maximum Gasteiger partial charge on any atom is 1.00 e. The molecule has 0 spiro atoms. The Hall–Kier alpha value is 0.557. The Labute approximate surface area is 84.3 Å². The average Bonchev–Trinajstić information content (AvgIpc) is 1.82. The van der Waals surface area contributed by atoms with E-state index in [1.54, 1.807) is 0 Å². The Morgan fingerprint density at radius 2 is 1.18 bits per heavy atom. The fraction of sp³-hybridized carbons (Fsp3) is 1.00. The van der Waals surface area contributed by atoms with Crippen molar-refractivity contribution in [3.05, 3.63) is 5.73 Å². The van der Waals surface area contributed by atoms with Gasteiger partial charge < -0.3 is 5.73 Å².